The summed E-state index contributed by atoms with van der Waals surface area (Å²) < 4.78 is 6.41. The van der Waals surface area contributed by atoms with Crippen LogP contribution in [0.1, 0.15) is 36.1 Å². The Balaban J connectivity index is 1.70. The molecule has 29 heavy (non-hydrogen) atoms. The van der Waals surface area contributed by atoms with Gasteiger partial charge < -0.3 is 15.4 Å². The Morgan fingerprint density at radius 3 is 2.52 bits per heavy atom. The lowest BCUT2D eigenvalue weighted by Gasteiger charge is -2.22. The smallest absolute Gasteiger partial charge is 0.251 e. The summed E-state index contributed by atoms with van der Waals surface area (Å²) in [6.07, 6.45) is 0. The molecule has 0 aliphatic rings. The number of fused-ring (bicyclic) bond motifs is 1. The van der Waals surface area contributed by atoms with Crippen LogP contribution in [0.25, 0.3) is 10.2 Å². The summed E-state index contributed by atoms with van der Waals surface area (Å²) in [5.41, 5.74) is 2.08. The zero-order valence-corrected chi connectivity index (χ0v) is 17.8. The van der Waals surface area contributed by atoms with Crippen LogP contribution in [0.2, 0.25) is 0 Å². The van der Waals surface area contributed by atoms with Gasteiger partial charge in [0.25, 0.3) is 5.91 Å². The van der Waals surface area contributed by atoms with Gasteiger partial charge in [-0.1, -0.05) is 13.8 Å². The van der Waals surface area contributed by atoms with E-state index >= 15 is 0 Å². The van der Waals surface area contributed by atoms with Gasteiger partial charge in [-0.2, -0.15) is 0 Å². The second-order valence-electron chi connectivity index (χ2n) is 7.06. The number of benzene rings is 2. The Morgan fingerprint density at radius 2 is 1.86 bits per heavy atom. The Hall–Kier alpha value is -2.93. The molecule has 6 nitrogen and oxygen atoms in total. The lowest BCUT2D eigenvalue weighted by molar-refractivity contribution is -0.118. The highest BCUT2D eigenvalue weighted by atomic mass is 32.1. The van der Waals surface area contributed by atoms with Crippen molar-refractivity contribution in [1.29, 1.82) is 0 Å². The van der Waals surface area contributed by atoms with E-state index in [4.69, 9.17) is 4.74 Å². The summed E-state index contributed by atoms with van der Waals surface area (Å²) in [7, 11) is 0. The van der Waals surface area contributed by atoms with Gasteiger partial charge in [0.2, 0.25) is 5.91 Å². The van der Waals surface area contributed by atoms with E-state index in [9.17, 15) is 9.59 Å². The third-order valence-corrected chi connectivity index (χ3v) is 5.36. The minimum atomic E-state index is -0.659. The molecule has 2 N–H and O–H groups in total. The lowest BCUT2D eigenvalue weighted by atomic mass is 10.0. The van der Waals surface area contributed by atoms with E-state index < -0.39 is 6.04 Å². The largest absolute Gasteiger partial charge is 0.494 e. The van der Waals surface area contributed by atoms with Crippen LogP contribution >= 0.6 is 11.3 Å². The Labute approximate surface area is 174 Å². The van der Waals surface area contributed by atoms with Crippen molar-refractivity contribution in [3.63, 3.8) is 0 Å². The molecule has 3 rings (SSSR count). The van der Waals surface area contributed by atoms with Crippen LogP contribution in [0.15, 0.2) is 42.5 Å². The third kappa shape index (κ3) is 5.12. The van der Waals surface area contributed by atoms with E-state index in [1.165, 1.54) is 0 Å². The van der Waals surface area contributed by atoms with Crippen LogP contribution in [0, 0.1) is 12.8 Å². The quantitative estimate of drug-likeness (QED) is 0.604. The van der Waals surface area contributed by atoms with Crippen LogP contribution in [0.4, 0.5) is 5.69 Å². The number of aromatic nitrogens is 1. The van der Waals surface area contributed by atoms with E-state index in [1.807, 2.05) is 45.9 Å². The van der Waals surface area contributed by atoms with E-state index in [0.29, 0.717) is 23.6 Å². The van der Waals surface area contributed by atoms with Gasteiger partial charge in [0, 0.05) is 11.3 Å². The molecule has 0 saturated heterocycles. The summed E-state index contributed by atoms with van der Waals surface area (Å²) in [6, 6.07) is 11.8. The van der Waals surface area contributed by atoms with Crippen LogP contribution < -0.4 is 15.4 Å². The standard InChI is InChI=1S/C22H25N3O3S/c1-5-28-17-9-6-15(7-10-17)21(26)25-20(13(2)3)22(27)24-16-8-11-18-19(12-16)29-14(4)23-18/h6-13,20H,5H2,1-4H3,(H,24,27)(H,25,26)/t20-/m0/s1. The monoisotopic (exact) mass is 411 g/mol. The topological polar surface area (TPSA) is 80.3 Å². The molecule has 2 amide bonds. The van der Waals surface area contributed by atoms with Crippen LogP contribution in [-0.4, -0.2) is 29.4 Å². The molecule has 0 bridgehead atoms. The highest BCUT2D eigenvalue weighted by Gasteiger charge is 2.25. The van der Waals surface area contributed by atoms with E-state index in [-0.39, 0.29) is 17.7 Å². The zero-order chi connectivity index (χ0) is 21.0. The fraction of sp³-hybridized carbons (Fsp3) is 0.318. The van der Waals surface area contributed by atoms with Crippen molar-refractivity contribution in [1.82, 2.24) is 10.3 Å². The summed E-state index contributed by atoms with van der Waals surface area (Å²) in [6.45, 7) is 8.22. The second kappa shape index (κ2) is 9.05. The van der Waals surface area contributed by atoms with Crippen molar-refractivity contribution in [2.24, 2.45) is 5.92 Å². The summed E-state index contributed by atoms with van der Waals surface area (Å²) in [4.78, 5) is 29.9. The highest BCUT2D eigenvalue weighted by Crippen LogP contribution is 2.25. The number of hydrogen-bond acceptors (Lipinski definition) is 5. The summed E-state index contributed by atoms with van der Waals surface area (Å²) in [5.74, 6) is 0.0854. The van der Waals surface area contributed by atoms with Crippen molar-refractivity contribution in [2.45, 2.75) is 33.7 Å². The number of aryl methyl sites for hydroxylation is 1. The maximum Gasteiger partial charge on any atom is 0.251 e. The lowest BCUT2D eigenvalue weighted by Crippen LogP contribution is -2.47. The Bertz CT molecular complexity index is 1010. The number of ether oxygens (including phenoxy) is 1. The van der Waals surface area contributed by atoms with Crippen molar-refractivity contribution < 1.29 is 14.3 Å². The number of carbonyl (C=O) groups is 2. The van der Waals surface area contributed by atoms with E-state index in [0.717, 1.165) is 15.2 Å². The maximum atomic E-state index is 12.8. The Morgan fingerprint density at radius 1 is 1.14 bits per heavy atom. The molecule has 152 valence electrons. The number of amides is 2. The normalized spacial score (nSPS) is 12.0. The SMILES string of the molecule is CCOc1ccc(C(=O)N[C@H](C(=O)Nc2ccc3nc(C)sc3c2)C(C)C)cc1. The molecule has 0 aliphatic carbocycles. The van der Waals surface area contributed by atoms with Crippen LogP contribution in [-0.2, 0) is 4.79 Å². The fourth-order valence-electron chi connectivity index (χ4n) is 2.97. The van der Waals surface area contributed by atoms with Gasteiger partial charge in [0.15, 0.2) is 0 Å². The minimum absolute atomic E-state index is 0.0731. The average Bonchev–Trinajstić information content (AvgIpc) is 3.05. The molecule has 3 aromatic rings. The first kappa shape index (κ1) is 20.8. The molecule has 0 saturated carbocycles. The molecule has 0 unspecified atom stereocenters. The Kier molecular flexibility index (Phi) is 6.49. The number of carbonyl (C=O) groups excluding carboxylic acids is 2. The zero-order valence-electron chi connectivity index (χ0n) is 17.0. The molecule has 0 radical (unpaired) electrons. The average molecular weight is 412 g/mol. The minimum Gasteiger partial charge on any atom is -0.494 e. The molecule has 1 atom stereocenters. The molecule has 1 heterocycles. The van der Waals surface area contributed by atoms with Crippen molar-refractivity contribution >= 4 is 39.1 Å². The predicted octanol–water partition coefficient (Wildman–Crippen LogP) is 4.40. The first-order chi connectivity index (χ1) is 13.9. The van der Waals surface area contributed by atoms with Crippen LogP contribution in [0.3, 0.4) is 0 Å². The second-order valence-corrected chi connectivity index (χ2v) is 8.29. The number of nitrogens with one attached hydrogen (secondary N) is 2. The fourth-order valence-corrected chi connectivity index (χ4v) is 3.83. The number of nitrogens with zero attached hydrogens (tertiary/aromatic N) is 1. The van der Waals surface area contributed by atoms with Gasteiger partial charge in [-0.3, -0.25) is 9.59 Å². The maximum absolute atomic E-state index is 12.8. The number of anilines is 1. The molecule has 0 fully saturated rings. The molecule has 0 spiro atoms. The molecular weight excluding hydrogens is 386 g/mol. The number of hydrogen-bond donors (Lipinski definition) is 2. The number of rotatable bonds is 7. The van der Waals surface area contributed by atoms with Gasteiger partial charge in [0.1, 0.15) is 11.8 Å². The third-order valence-electron chi connectivity index (χ3n) is 4.43. The molecule has 1 aromatic heterocycles. The van der Waals surface area contributed by atoms with Gasteiger partial charge in [-0.15, -0.1) is 11.3 Å². The molecule has 0 aliphatic heterocycles. The molecule has 7 heteroatoms. The van der Waals surface area contributed by atoms with E-state index in [2.05, 4.69) is 15.6 Å². The first-order valence-electron chi connectivity index (χ1n) is 9.59. The van der Waals surface area contributed by atoms with Crippen molar-refractivity contribution in [2.75, 3.05) is 11.9 Å². The molecule has 2 aromatic carbocycles. The summed E-state index contributed by atoms with van der Waals surface area (Å²) in [5, 5.41) is 6.73. The highest BCUT2D eigenvalue weighted by molar-refractivity contribution is 7.18. The first-order valence-corrected chi connectivity index (χ1v) is 10.4. The van der Waals surface area contributed by atoms with Gasteiger partial charge in [0.05, 0.1) is 21.8 Å². The molecular formula is C22H25N3O3S. The van der Waals surface area contributed by atoms with Crippen molar-refractivity contribution in [3.8, 4) is 5.75 Å². The summed E-state index contributed by atoms with van der Waals surface area (Å²) >= 11 is 1.58. The van der Waals surface area contributed by atoms with Gasteiger partial charge >= 0.3 is 0 Å². The number of thiazole rings is 1. The van der Waals surface area contributed by atoms with Crippen molar-refractivity contribution in [3.05, 3.63) is 53.0 Å². The van der Waals surface area contributed by atoms with Crippen LogP contribution in [0.5, 0.6) is 5.75 Å². The predicted molar refractivity (Wildman–Crippen MR) is 117 cm³/mol. The van der Waals surface area contributed by atoms with Gasteiger partial charge in [-0.25, -0.2) is 4.98 Å². The van der Waals surface area contributed by atoms with E-state index in [1.54, 1.807) is 35.6 Å². The van der Waals surface area contributed by atoms with Gasteiger partial charge in [-0.05, 0) is 62.2 Å².